The molecule has 2 aromatic carbocycles. The van der Waals surface area contributed by atoms with Crippen molar-refractivity contribution in [2.75, 3.05) is 13.2 Å². The van der Waals surface area contributed by atoms with E-state index in [2.05, 4.69) is 12.1 Å². The van der Waals surface area contributed by atoms with Crippen LogP contribution in [-0.4, -0.2) is 19.1 Å². The zero-order valence-corrected chi connectivity index (χ0v) is 12.1. The Bertz CT molecular complexity index is 540. The van der Waals surface area contributed by atoms with Gasteiger partial charge in [0.05, 0.1) is 12.5 Å². The molecule has 0 fully saturated rings. The summed E-state index contributed by atoms with van der Waals surface area (Å²) in [6.45, 7) is 0.693. The minimum atomic E-state index is -0.372. The Hall–Kier alpha value is -2.13. The predicted octanol–water partition coefficient (Wildman–Crippen LogP) is 2.90. The normalized spacial score (nSPS) is 11.9. The zero-order valence-electron chi connectivity index (χ0n) is 12.1. The Labute approximate surface area is 125 Å². The van der Waals surface area contributed by atoms with Gasteiger partial charge < -0.3 is 10.5 Å². The average molecular weight is 283 g/mol. The lowest BCUT2D eigenvalue weighted by Gasteiger charge is -2.14. The van der Waals surface area contributed by atoms with Crippen LogP contribution in [0.15, 0.2) is 60.7 Å². The maximum Gasteiger partial charge on any atom is 0.314 e. The van der Waals surface area contributed by atoms with Gasteiger partial charge in [-0.25, -0.2) is 0 Å². The largest absolute Gasteiger partial charge is 0.465 e. The summed E-state index contributed by atoms with van der Waals surface area (Å²) in [4.78, 5) is 12.1. The second kappa shape index (κ2) is 8.22. The van der Waals surface area contributed by atoms with Crippen molar-refractivity contribution >= 4 is 5.97 Å². The summed E-state index contributed by atoms with van der Waals surface area (Å²) in [7, 11) is 0. The summed E-state index contributed by atoms with van der Waals surface area (Å²) in [5.74, 6) is -0.611. The maximum atomic E-state index is 12.1. The van der Waals surface area contributed by atoms with E-state index in [9.17, 15) is 4.79 Å². The van der Waals surface area contributed by atoms with Crippen molar-refractivity contribution in [3.05, 3.63) is 71.8 Å². The summed E-state index contributed by atoms with van der Waals surface area (Å²) in [5, 5.41) is 0. The SMILES string of the molecule is NCC(C(=O)OCCCc1ccccc1)c1ccccc1. The summed E-state index contributed by atoms with van der Waals surface area (Å²) in [5.41, 5.74) is 7.87. The number of nitrogens with two attached hydrogens (primary N) is 1. The van der Waals surface area contributed by atoms with Crippen molar-refractivity contribution in [1.82, 2.24) is 0 Å². The highest BCUT2D eigenvalue weighted by Gasteiger charge is 2.19. The molecule has 0 saturated heterocycles. The molecule has 0 aliphatic rings. The molecule has 0 amide bonds. The van der Waals surface area contributed by atoms with Gasteiger partial charge in [0.15, 0.2) is 0 Å². The van der Waals surface area contributed by atoms with Crippen molar-refractivity contribution in [3.8, 4) is 0 Å². The molecule has 3 heteroatoms. The lowest BCUT2D eigenvalue weighted by Crippen LogP contribution is -2.24. The number of carbonyl (C=O) groups excluding carboxylic acids is 1. The fourth-order valence-electron chi connectivity index (χ4n) is 2.25. The van der Waals surface area contributed by atoms with Gasteiger partial charge in [0, 0.05) is 6.54 Å². The number of carbonyl (C=O) groups is 1. The number of aryl methyl sites for hydroxylation is 1. The summed E-state index contributed by atoms with van der Waals surface area (Å²) in [6.07, 6.45) is 1.73. The predicted molar refractivity (Wildman–Crippen MR) is 84.0 cm³/mol. The molecule has 3 nitrogen and oxygen atoms in total. The minimum absolute atomic E-state index is 0.239. The van der Waals surface area contributed by atoms with Gasteiger partial charge in [-0.15, -0.1) is 0 Å². The fourth-order valence-corrected chi connectivity index (χ4v) is 2.25. The third-order valence-electron chi connectivity index (χ3n) is 3.42. The quantitative estimate of drug-likeness (QED) is 0.628. The molecular formula is C18H21NO2. The molecule has 110 valence electrons. The Morgan fingerprint density at radius 3 is 2.24 bits per heavy atom. The monoisotopic (exact) mass is 283 g/mol. The van der Waals surface area contributed by atoms with Gasteiger partial charge in [-0.3, -0.25) is 4.79 Å². The maximum absolute atomic E-state index is 12.1. The van der Waals surface area contributed by atoms with Crippen LogP contribution in [0.2, 0.25) is 0 Å². The molecule has 0 heterocycles. The first-order valence-corrected chi connectivity index (χ1v) is 7.27. The van der Waals surface area contributed by atoms with Crippen molar-refractivity contribution in [2.24, 2.45) is 5.73 Å². The summed E-state index contributed by atoms with van der Waals surface area (Å²) >= 11 is 0. The lowest BCUT2D eigenvalue weighted by molar-refractivity contribution is -0.145. The van der Waals surface area contributed by atoms with Gasteiger partial charge in [-0.2, -0.15) is 0 Å². The van der Waals surface area contributed by atoms with E-state index in [1.807, 2.05) is 48.5 Å². The standard InChI is InChI=1S/C18H21NO2/c19-14-17(16-11-5-2-6-12-16)18(20)21-13-7-10-15-8-3-1-4-9-15/h1-6,8-9,11-12,17H,7,10,13-14,19H2. The van der Waals surface area contributed by atoms with E-state index in [-0.39, 0.29) is 18.4 Å². The van der Waals surface area contributed by atoms with Crippen molar-refractivity contribution in [2.45, 2.75) is 18.8 Å². The molecule has 0 radical (unpaired) electrons. The van der Waals surface area contributed by atoms with Crippen molar-refractivity contribution in [1.29, 1.82) is 0 Å². The van der Waals surface area contributed by atoms with Crippen molar-refractivity contribution in [3.63, 3.8) is 0 Å². The van der Waals surface area contributed by atoms with Crippen LogP contribution in [0.4, 0.5) is 0 Å². The summed E-state index contributed by atoms with van der Waals surface area (Å²) in [6, 6.07) is 19.7. The molecule has 0 saturated carbocycles. The molecule has 0 aliphatic heterocycles. The molecule has 2 aromatic rings. The zero-order chi connectivity index (χ0) is 14.9. The van der Waals surface area contributed by atoms with Gasteiger partial charge in [-0.05, 0) is 24.0 Å². The molecule has 1 atom stereocenters. The third kappa shape index (κ3) is 4.72. The van der Waals surface area contributed by atoms with E-state index < -0.39 is 0 Å². The molecule has 2 rings (SSSR count). The minimum Gasteiger partial charge on any atom is -0.465 e. The lowest BCUT2D eigenvalue weighted by atomic mass is 10.00. The first-order valence-electron chi connectivity index (χ1n) is 7.27. The van der Waals surface area contributed by atoms with Gasteiger partial charge in [0.2, 0.25) is 0 Å². The number of benzene rings is 2. The highest BCUT2D eigenvalue weighted by molar-refractivity contribution is 5.78. The van der Waals surface area contributed by atoms with Crippen LogP contribution in [0.5, 0.6) is 0 Å². The van der Waals surface area contributed by atoms with Gasteiger partial charge in [0.25, 0.3) is 0 Å². The fraction of sp³-hybridized carbons (Fsp3) is 0.278. The van der Waals surface area contributed by atoms with Crippen LogP contribution in [0.25, 0.3) is 0 Å². The second-order valence-electron chi connectivity index (χ2n) is 4.96. The first-order chi connectivity index (χ1) is 10.3. The van der Waals surface area contributed by atoms with Crippen LogP contribution < -0.4 is 5.73 Å². The van der Waals surface area contributed by atoms with Gasteiger partial charge in [0.1, 0.15) is 0 Å². The van der Waals surface area contributed by atoms with Crippen LogP contribution in [0.1, 0.15) is 23.5 Å². The number of hydrogen-bond acceptors (Lipinski definition) is 3. The highest BCUT2D eigenvalue weighted by atomic mass is 16.5. The third-order valence-corrected chi connectivity index (χ3v) is 3.42. The van der Waals surface area contributed by atoms with E-state index in [0.717, 1.165) is 18.4 Å². The van der Waals surface area contributed by atoms with E-state index in [0.29, 0.717) is 6.61 Å². The smallest absolute Gasteiger partial charge is 0.314 e. The Balaban J connectivity index is 1.78. The second-order valence-corrected chi connectivity index (χ2v) is 4.96. The van der Waals surface area contributed by atoms with Gasteiger partial charge >= 0.3 is 5.97 Å². The van der Waals surface area contributed by atoms with E-state index >= 15 is 0 Å². The number of hydrogen-bond donors (Lipinski definition) is 1. The molecule has 2 N–H and O–H groups in total. The Morgan fingerprint density at radius 2 is 1.62 bits per heavy atom. The van der Waals surface area contributed by atoms with Crippen LogP contribution in [0.3, 0.4) is 0 Å². The Kier molecular flexibility index (Phi) is 5.98. The van der Waals surface area contributed by atoms with Crippen molar-refractivity contribution < 1.29 is 9.53 Å². The number of rotatable bonds is 7. The Morgan fingerprint density at radius 1 is 1.00 bits per heavy atom. The molecule has 0 bridgehead atoms. The highest BCUT2D eigenvalue weighted by Crippen LogP contribution is 2.16. The molecule has 0 aromatic heterocycles. The first kappa shape index (κ1) is 15.3. The molecule has 21 heavy (non-hydrogen) atoms. The number of esters is 1. The van der Waals surface area contributed by atoms with E-state index in [1.165, 1.54) is 5.56 Å². The van der Waals surface area contributed by atoms with Crippen LogP contribution >= 0.6 is 0 Å². The molecule has 0 aliphatic carbocycles. The average Bonchev–Trinajstić information content (AvgIpc) is 2.54. The van der Waals surface area contributed by atoms with Crippen LogP contribution in [-0.2, 0) is 16.0 Å². The van der Waals surface area contributed by atoms with E-state index in [4.69, 9.17) is 10.5 Å². The van der Waals surface area contributed by atoms with Crippen LogP contribution in [0, 0.1) is 0 Å². The number of ether oxygens (including phenoxy) is 1. The topological polar surface area (TPSA) is 52.3 Å². The summed E-state index contributed by atoms with van der Waals surface area (Å²) < 4.78 is 5.35. The van der Waals surface area contributed by atoms with E-state index in [1.54, 1.807) is 0 Å². The molecule has 0 spiro atoms. The molecular weight excluding hydrogens is 262 g/mol. The van der Waals surface area contributed by atoms with Gasteiger partial charge in [-0.1, -0.05) is 60.7 Å². The molecule has 1 unspecified atom stereocenters.